The zero-order valence-electron chi connectivity index (χ0n) is 11.3. The van der Waals surface area contributed by atoms with Gasteiger partial charge in [0.05, 0.1) is 6.10 Å². The summed E-state index contributed by atoms with van der Waals surface area (Å²) in [6, 6.07) is 0.554. The summed E-state index contributed by atoms with van der Waals surface area (Å²) in [5, 5.41) is 10.1. The lowest BCUT2D eigenvalue weighted by molar-refractivity contribution is 0.0772. The molecular weight excluding hydrogens is 198 g/mol. The molecule has 1 fully saturated rings. The zero-order valence-corrected chi connectivity index (χ0v) is 11.3. The van der Waals surface area contributed by atoms with Crippen LogP contribution < -0.4 is 0 Å². The second-order valence-corrected chi connectivity index (χ2v) is 5.63. The van der Waals surface area contributed by atoms with Crippen LogP contribution in [0.4, 0.5) is 0 Å². The first kappa shape index (κ1) is 14.0. The van der Waals surface area contributed by atoms with Crippen LogP contribution in [-0.2, 0) is 0 Å². The molecule has 0 amide bonds. The molecular formula is C14H29NO. The van der Waals surface area contributed by atoms with Crippen LogP contribution in [0.5, 0.6) is 0 Å². The normalized spacial score (nSPS) is 19.9. The van der Waals surface area contributed by atoms with Gasteiger partial charge in [-0.1, -0.05) is 32.6 Å². The van der Waals surface area contributed by atoms with Crippen LogP contribution in [0.2, 0.25) is 0 Å². The Morgan fingerprint density at radius 2 is 1.88 bits per heavy atom. The van der Waals surface area contributed by atoms with E-state index in [0.717, 1.165) is 25.4 Å². The van der Waals surface area contributed by atoms with E-state index in [1.807, 2.05) is 0 Å². The Hall–Kier alpha value is -0.0800. The molecule has 0 radical (unpaired) electrons. The van der Waals surface area contributed by atoms with Crippen molar-refractivity contribution in [2.75, 3.05) is 13.1 Å². The minimum Gasteiger partial charge on any atom is -0.392 e. The highest BCUT2D eigenvalue weighted by Gasteiger charge is 2.21. The number of aliphatic hydroxyl groups excluding tert-OH is 1. The fraction of sp³-hybridized carbons (Fsp3) is 1.00. The molecule has 0 aromatic rings. The molecule has 2 heteroatoms. The van der Waals surface area contributed by atoms with Gasteiger partial charge in [0.2, 0.25) is 0 Å². The van der Waals surface area contributed by atoms with E-state index in [-0.39, 0.29) is 6.10 Å². The van der Waals surface area contributed by atoms with Gasteiger partial charge in [-0.2, -0.15) is 0 Å². The van der Waals surface area contributed by atoms with Gasteiger partial charge in [-0.05, 0) is 39.2 Å². The number of rotatable bonds is 7. The summed E-state index contributed by atoms with van der Waals surface area (Å²) in [4.78, 5) is 2.40. The molecule has 16 heavy (non-hydrogen) atoms. The summed E-state index contributed by atoms with van der Waals surface area (Å²) >= 11 is 0. The summed E-state index contributed by atoms with van der Waals surface area (Å²) in [6.07, 6.45) is 7.51. The Labute approximate surface area is 101 Å². The van der Waals surface area contributed by atoms with E-state index < -0.39 is 0 Å². The van der Waals surface area contributed by atoms with Gasteiger partial charge in [-0.3, -0.25) is 4.90 Å². The van der Waals surface area contributed by atoms with Crippen molar-refractivity contribution in [1.82, 2.24) is 4.90 Å². The third kappa shape index (κ3) is 4.84. The molecule has 0 spiro atoms. The van der Waals surface area contributed by atoms with Gasteiger partial charge >= 0.3 is 0 Å². The lowest BCUT2D eigenvalue weighted by Gasteiger charge is -2.29. The highest BCUT2D eigenvalue weighted by atomic mass is 16.3. The second kappa shape index (κ2) is 7.29. The van der Waals surface area contributed by atoms with Gasteiger partial charge in [0.25, 0.3) is 0 Å². The van der Waals surface area contributed by atoms with Crippen molar-refractivity contribution >= 4 is 0 Å². The molecule has 0 aromatic heterocycles. The SMILES string of the molecule is CCCN(CC(O)CC1CCCC1)C(C)C. The first-order valence-corrected chi connectivity index (χ1v) is 7.05. The van der Waals surface area contributed by atoms with Crippen LogP contribution in [0.1, 0.15) is 59.3 Å². The quantitative estimate of drug-likeness (QED) is 0.722. The highest BCUT2D eigenvalue weighted by Crippen LogP contribution is 2.28. The molecule has 1 unspecified atom stereocenters. The average Bonchev–Trinajstić information content (AvgIpc) is 2.69. The predicted molar refractivity (Wildman–Crippen MR) is 69.6 cm³/mol. The summed E-state index contributed by atoms with van der Waals surface area (Å²) < 4.78 is 0. The maximum absolute atomic E-state index is 10.1. The lowest BCUT2D eigenvalue weighted by atomic mass is 9.99. The lowest BCUT2D eigenvalue weighted by Crippen LogP contribution is -2.38. The van der Waals surface area contributed by atoms with Crippen molar-refractivity contribution in [2.45, 2.75) is 71.4 Å². The van der Waals surface area contributed by atoms with E-state index >= 15 is 0 Å². The fourth-order valence-corrected chi connectivity index (χ4v) is 2.82. The standard InChI is InChI=1S/C14H29NO/c1-4-9-15(12(2)3)11-14(16)10-13-7-5-6-8-13/h12-14,16H,4-11H2,1-3H3. The molecule has 1 rings (SSSR count). The number of hydrogen-bond donors (Lipinski definition) is 1. The van der Waals surface area contributed by atoms with Gasteiger partial charge < -0.3 is 5.11 Å². The molecule has 96 valence electrons. The topological polar surface area (TPSA) is 23.5 Å². The zero-order chi connectivity index (χ0) is 12.0. The van der Waals surface area contributed by atoms with Crippen molar-refractivity contribution in [3.05, 3.63) is 0 Å². The Morgan fingerprint density at radius 3 is 2.38 bits per heavy atom. The minimum atomic E-state index is -0.114. The maximum Gasteiger partial charge on any atom is 0.0669 e. The molecule has 1 atom stereocenters. The van der Waals surface area contributed by atoms with E-state index in [0.29, 0.717) is 6.04 Å². The van der Waals surface area contributed by atoms with Crippen molar-refractivity contribution in [3.63, 3.8) is 0 Å². The van der Waals surface area contributed by atoms with Crippen molar-refractivity contribution in [2.24, 2.45) is 5.92 Å². The smallest absolute Gasteiger partial charge is 0.0669 e. The average molecular weight is 227 g/mol. The molecule has 0 heterocycles. The van der Waals surface area contributed by atoms with E-state index in [1.165, 1.54) is 32.1 Å². The van der Waals surface area contributed by atoms with E-state index in [2.05, 4.69) is 25.7 Å². The monoisotopic (exact) mass is 227 g/mol. The van der Waals surface area contributed by atoms with Crippen LogP contribution >= 0.6 is 0 Å². The van der Waals surface area contributed by atoms with Crippen LogP contribution in [0, 0.1) is 5.92 Å². The van der Waals surface area contributed by atoms with E-state index in [9.17, 15) is 5.11 Å². The minimum absolute atomic E-state index is 0.114. The van der Waals surface area contributed by atoms with Crippen LogP contribution in [-0.4, -0.2) is 35.2 Å². The fourth-order valence-electron chi connectivity index (χ4n) is 2.82. The van der Waals surface area contributed by atoms with Crippen molar-refractivity contribution in [3.8, 4) is 0 Å². The molecule has 0 saturated heterocycles. The molecule has 1 aliphatic rings. The van der Waals surface area contributed by atoms with Crippen LogP contribution in [0.15, 0.2) is 0 Å². The highest BCUT2D eigenvalue weighted by molar-refractivity contribution is 4.74. The molecule has 1 saturated carbocycles. The maximum atomic E-state index is 10.1. The number of hydrogen-bond acceptors (Lipinski definition) is 2. The Kier molecular flexibility index (Phi) is 6.37. The van der Waals surface area contributed by atoms with Crippen LogP contribution in [0.25, 0.3) is 0 Å². The molecule has 2 nitrogen and oxygen atoms in total. The summed E-state index contributed by atoms with van der Waals surface area (Å²) in [5.41, 5.74) is 0. The molecule has 1 aliphatic carbocycles. The summed E-state index contributed by atoms with van der Waals surface area (Å²) in [6.45, 7) is 8.62. The first-order chi connectivity index (χ1) is 7.63. The largest absolute Gasteiger partial charge is 0.392 e. The summed E-state index contributed by atoms with van der Waals surface area (Å²) in [7, 11) is 0. The molecule has 1 N–H and O–H groups in total. The van der Waals surface area contributed by atoms with E-state index in [4.69, 9.17) is 0 Å². The second-order valence-electron chi connectivity index (χ2n) is 5.63. The first-order valence-electron chi connectivity index (χ1n) is 7.05. The predicted octanol–water partition coefficient (Wildman–Crippen LogP) is 3.05. The Morgan fingerprint density at radius 1 is 1.25 bits per heavy atom. The van der Waals surface area contributed by atoms with Gasteiger partial charge in [-0.15, -0.1) is 0 Å². The van der Waals surface area contributed by atoms with Crippen LogP contribution in [0.3, 0.4) is 0 Å². The van der Waals surface area contributed by atoms with Gasteiger partial charge in [-0.25, -0.2) is 0 Å². The third-order valence-corrected chi connectivity index (χ3v) is 3.77. The Balaban J connectivity index is 2.26. The molecule has 0 aliphatic heterocycles. The molecule has 0 bridgehead atoms. The van der Waals surface area contributed by atoms with Crippen molar-refractivity contribution in [1.29, 1.82) is 0 Å². The van der Waals surface area contributed by atoms with Crippen molar-refractivity contribution < 1.29 is 5.11 Å². The van der Waals surface area contributed by atoms with Gasteiger partial charge in [0, 0.05) is 12.6 Å². The van der Waals surface area contributed by atoms with Gasteiger partial charge in [0.1, 0.15) is 0 Å². The van der Waals surface area contributed by atoms with E-state index in [1.54, 1.807) is 0 Å². The Bertz CT molecular complexity index is 176. The number of aliphatic hydroxyl groups is 1. The molecule has 0 aromatic carbocycles. The summed E-state index contributed by atoms with van der Waals surface area (Å²) in [5.74, 6) is 0.797. The van der Waals surface area contributed by atoms with Gasteiger partial charge in [0.15, 0.2) is 0 Å². The number of nitrogens with zero attached hydrogens (tertiary/aromatic N) is 1. The third-order valence-electron chi connectivity index (χ3n) is 3.77.